The molecule has 0 N–H and O–H groups in total. The van der Waals surface area contributed by atoms with Gasteiger partial charge in [0, 0.05) is 17.1 Å². The van der Waals surface area contributed by atoms with Gasteiger partial charge in [-0.05, 0) is 36.6 Å². The molecular weight excluding hydrogens is 410 g/mol. The van der Waals surface area contributed by atoms with E-state index in [2.05, 4.69) is 15.9 Å². The fourth-order valence-electron chi connectivity index (χ4n) is 2.75. The van der Waals surface area contributed by atoms with Crippen molar-refractivity contribution in [2.24, 2.45) is 5.92 Å². The fourth-order valence-corrected chi connectivity index (χ4v) is 4.74. The summed E-state index contributed by atoms with van der Waals surface area (Å²) in [6, 6.07) is 6.30. The van der Waals surface area contributed by atoms with Gasteiger partial charge in [0.1, 0.15) is 0 Å². The molecule has 6 nitrogen and oxygen atoms in total. The summed E-state index contributed by atoms with van der Waals surface area (Å²) in [5.41, 5.74) is 0.356. The van der Waals surface area contributed by atoms with Crippen molar-refractivity contribution in [2.45, 2.75) is 26.3 Å². The quantitative estimate of drug-likeness (QED) is 0.645. The molecular formula is C17H22BrNO5S. The summed E-state index contributed by atoms with van der Waals surface area (Å²) in [6.45, 7) is 3.96. The molecule has 0 spiro atoms. The molecule has 0 radical (unpaired) electrons. The average Bonchev–Trinajstić information content (AvgIpc) is 2.90. The normalized spacial score (nSPS) is 19.0. The first-order chi connectivity index (χ1) is 11.7. The molecule has 1 aromatic carbocycles. The van der Waals surface area contributed by atoms with Crippen LogP contribution in [0.1, 0.15) is 30.6 Å². The van der Waals surface area contributed by atoms with E-state index in [0.29, 0.717) is 18.5 Å². The summed E-state index contributed by atoms with van der Waals surface area (Å²) in [5, 5.41) is 0. The maximum atomic E-state index is 12.5. The molecule has 1 fully saturated rings. The Balaban J connectivity index is 1.99. The smallest absolute Gasteiger partial charge is 0.338 e. The Hall–Kier alpha value is -1.41. The number of esters is 1. The number of halogens is 1. The van der Waals surface area contributed by atoms with E-state index in [1.165, 1.54) is 0 Å². The molecule has 25 heavy (non-hydrogen) atoms. The third-order valence-electron chi connectivity index (χ3n) is 3.94. The van der Waals surface area contributed by atoms with Gasteiger partial charge in [-0.15, -0.1) is 0 Å². The number of carbonyl (C=O) groups excluding carboxylic acids is 2. The lowest BCUT2D eigenvalue weighted by Crippen LogP contribution is -2.45. The van der Waals surface area contributed by atoms with Crippen molar-refractivity contribution in [3.05, 3.63) is 34.3 Å². The molecule has 0 saturated carbocycles. The number of ether oxygens (including phenoxy) is 1. The maximum Gasteiger partial charge on any atom is 0.338 e. The van der Waals surface area contributed by atoms with E-state index in [9.17, 15) is 18.0 Å². The summed E-state index contributed by atoms with van der Waals surface area (Å²) in [5.74, 6) is -0.676. The summed E-state index contributed by atoms with van der Waals surface area (Å²) in [7, 11) is -3.09. The summed E-state index contributed by atoms with van der Waals surface area (Å²) < 4.78 is 29.4. The Morgan fingerprint density at radius 3 is 2.44 bits per heavy atom. The summed E-state index contributed by atoms with van der Waals surface area (Å²) in [4.78, 5) is 26.1. The van der Waals surface area contributed by atoms with Gasteiger partial charge in [0.2, 0.25) is 0 Å². The fraction of sp³-hybridized carbons (Fsp3) is 0.529. The van der Waals surface area contributed by atoms with Crippen LogP contribution in [-0.2, 0) is 19.4 Å². The molecule has 1 aliphatic heterocycles. The third kappa shape index (κ3) is 5.81. The zero-order chi connectivity index (χ0) is 18.6. The molecule has 1 atom stereocenters. The Morgan fingerprint density at radius 1 is 1.28 bits per heavy atom. The second kappa shape index (κ2) is 8.31. The second-order valence-corrected chi connectivity index (χ2v) is 9.72. The number of hydrogen-bond donors (Lipinski definition) is 0. The minimum Gasteiger partial charge on any atom is -0.452 e. The zero-order valence-corrected chi connectivity index (χ0v) is 16.7. The van der Waals surface area contributed by atoms with Crippen LogP contribution in [0, 0.1) is 5.92 Å². The Kier molecular flexibility index (Phi) is 6.62. The van der Waals surface area contributed by atoms with Gasteiger partial charge in [-0.3, -0.25) is 4.79 Å². The zero-order valence-electron chi connectivity index (χ0n) is 14.3. The van der Waals surface area contributed by atoms with Crippen LogP contribution in [0.5, 0.6) is 0 Å². The number of rotatable bonds is 6. The lowest BCUT2D eigenvalue weighted by Gasteiger charge is -2.29. The van der Waals surface area contributed by atoms with Crippen LogP contribution in [0.2, 0.25) is 0 Å². The predicted molar refractivity (Wildman–Crippen MR) is 98.0 cm³/mol. The molecule has 8 heteroatoms. The average molecular weight is 432 g/mol. The number of carbonyl (C=O) groups is 2. The molecule has 0 bridgehead atoms. The molecule has 1 amide bonds. The van der Waals surface area contributed by atoms with Crippen molar-refractivity contribution in [3.8, 4) is 0 Å². The van der Waals surface area contributed by atoms with Crippen molar-refractivity contribution >= 4 is 37.6 Å². The van der Waals surface area contributed by atoms with Crippen molar-refractivity contribution in [1.82, 2.24) is 4.90 Å². The highest BCUT2D eigenvalue weighted by molar-refractivity contribution is 9.10. The number of sulfone groups is 1. The standard InChI is InChI=1S/C17H22BrNO5S/c1-12(2)9-19(15-7-8-25(22,23)11-15)16(20)10-24-17(21)13-3-5-14(18)6-4-13/h3-6,12,15H,7-11H2,1-2H3. The van der Waals surface area contributed by atoms with Crippen molar-refractivity contribution in [1.29, 1.82) is 0 Å². The van der Waals surface area contributed by atoms with Crippen LogP contribution in [0.15, 0.2) is 28.7 Å². The van der Waals surface area contributed by atoms with E-state index in [0.717, 1.165) is 4.47 Å². The van der Waals surface area contributed by atoms with Crippen LogP contribution >= 0.6 is 15.9 Å². The van der Waals surface area contributed by atoms with Crippen molar-refractivity contribution in [2.75, 3.05) is 24.7 Å². The van der Waals surface area contributed by atoms with Crippen LogP contribution in [0.3, 0.4) is 0 Å². The van der Waals surface area contributed by atoms with Crippen molar-refractivity contribution < 1.29 is 22.7 Å². The van der Waals surface area contributed by atoms with E-state index in [1.54, 1.807) is 29.2 Å². The first-order valence-corrected chi connectivity index (χ1v) is 10.7. The predicted octanol–water partition coefficient (Wildman–Crippen LogP) is 2.28. The molecule has 0 aliphatic carbocycles. The first kappa shape index (κ1) is 19.9. The molecule has 138 valence electrons. The molecule has 1 saturated heterocycles. The molecule has 1 heterocycles. The van der Waals surface area contributed by atoms with Gasteiger partial charge in [0.05, 0.1) is 17.1 Å². The molecule has 1 aliphatic rings. The second-order valence-electron chi connectivity index (χ2n) is 6.58. The van der Waals surface area contributed by atoms with E-state index in [-0.39, 0.29) is 29.4 Å². The monoisotopic (exact) mass is 431 g/mol. The molecule has 1 aromatic rings. The van der Waals surface area contributed by atoms with Crippen LogP contribution < -0.4 is 0 Å². The molecule has 0 aromatic heterocycles. The minimum absolute atomic E-state index is 0.0217. The van der Waals surface area contributed by atoms with Crippen LogP contribution in [-0.4, -0.2) is 55.9 Å². The highest BCUT2D eigenvalue weighted by Gasteiger charge is 2.35. The topological polar surface area (TPSA) is 80.8 Å². The summed E-state index contributed by atoms with van der Waals surface area (Å²) in [6.07, 6.45) is 0.432. The SMILES string of the molecule is CC(C)CN(C(=O)COC(=O)c1ccc(Br)cc1)C1CCS(=O)(=O)C1. The molecule has 1 unspecified atom stereocenters. The van der Waals surface area contributed by atoms with Crippen molar-refractivity contribution in [3.63, 3.8) is 0 Å². The van der Waals surface area contributed by atoms with Crippen LogP contribution in [0.25, 0.3) is 0 Å². The van der Waals surface area contributed by atoms with Crippen LogP contribution in [0.4, 0.5) is 0 Å². The Morgan fingerprint density at radius 2 is 1.92 bits per heavy atom. The number of nitrogens with zero attached hydrogens (tertiary/aromatic N) is 1. The lowest BCUT2D eigenvalue weighted by atomic mass is 10.1. The minimum atomic E-state index is -3.09. The Labute approximate surface area is 156 Å². The van der Waals surface area contributed by atoms with Gasteiger partial charge in [0.25, 0.3) is 5.91 Å². The van der Waals surface area contributed by atoms with Gasteiger partial charge < -0.3 is 9.64 Å². The number of hydrogen-bond acceptors (Lipinski definition) is 5. The van der Waals surface area contributed by atoms with Gasteiger partial charge >= 0.3 is 5.97 Å². The van der Waals surface area contributed by atoms with E-state index >= 15 is 0 Å². The van der Waals surface area contributed by atoms with Gasteiger partial charge in [-0.25, -0.2) is 13.2 Å². The summed E-state index contributed by atoms with van der Waals surface area (Å²) >= 11 is 3.28. The third-order valence-corrected chi connectivity index (χ3v) is 6.22. The van der Waals surface area contributed by atoms with E-state index < -0.39 is 22.4 Å². The van der Waals surface area contributed by atoms with Gasteiger partial charge in [0.15, 0.2) is 16.4 Å². The Bertz CT molecular complexity index is 730. The number of benzene rings is 1. The largest absolute Gasteiger partial charge is 0.452 e. The highest BCUT2D eigenvalue weighted by atomic mass is 79.9. The van der Waals surface area contributed by atoms with Gasteiger partial charge in [-0.2, -0.15) is 0 Å². The highest BCUT2D eigenvalue weighted by Crippen LogP contribution is 2.19. The van der Waals surface area contributed by atoms with Gasteiger partial charge in [-0.1, -0.05) is 29.8 Å². The number of amides is 1. The molecule has 2 rings (SSSR count). The lowest BCUT2D eigenvalue weighted by molar-refractivity contribution is -0.137. The maximum absolute atomic E-state index is 12.5. The van der Waals surface area contributed by atoms with E-state index in [4.69, 9.17) is 4.74 Å². The van der Waals surface area contributed by atoms with E-state index in [1.807, 2.05) is 13.8 Å². The first-order valence-electron chi connectivity index (χ1n) is 8.10.